The number of likely N-dealkylation sites (tertiary alicyclic amines) is 1. The quantitative estimate of drug-likeness (QED) is 0.623. The van der Waals surface area contributed by atoms with E-state index >= 15 is 0 Å². The molecule has 134 valence electrons. The molecule has 0 unspecified atom stereocenters. The highest BCUT2D eigenvalue weighted by Gasteiger charge is 2.32. The fraction of sp³-hybridized carbons (Fsp3) is 0.353. The van der Waals surface area contributed by atoms with Gasteiger partial charge in [-0.25, -0.2) is 4.68 Å². The van der Waals surface area contributed by atoms with E-state index in [1.165, 1.54) is 5.56 Å². The number of benzene rings is 1. The van der Waals surface area contributed by atoms with Gasteiger partial charge in [-0.2, -0.15) is 15.0 Å². The molecular formula is C17H19N7OS. The first-order valence-corrected chi connectivity index (χ1v) is 9.57. The summed E-state index contributed by atoms with van der Waals surface area (Å²) in [6.45, 7) is 1.87. The summed E-state index contributed by atoms with van der Waals surface area (Å²) < 4.78 is 1.83. The van der Waals surface area contributed by atoms with E-state index in [9.17, 15) is 4.79 Å². The van der Waals surface area contributed by atoms with E-state index < -0.39 is 0 Å². The first kappa shape index (κ1) is 16.8. The predicted molar refractivity (Wildman–Crippen MR) is 97.4 cm³/mol. The summed E-state index contributed by atoms with van der Waals surface area (Å²) in [5.74, 6) is 1.55. The lowest BCUT2D eigenvalue weighted by molar-refractivity contribution is -0.134. The zero-order valence-corrected chi connectivity index (χ0v) is 15.0. The molecule has 3 heterocycles. The van der Waals surface area contributed by atoms with Crippen LogP contribution < -0.4 is 0 Å². The van der Waals surface area contributed by atoms with Crippen LogP contribution in [0.25, 0.3) is 0 Å². The van der Waals surface area contributed by atoms with Crippen LogP contribution in [-0.2, 0) is 17.1 Å². The Morgan fingerprint density at radius 3 is 2.69 bits per heavy atom. The van der Waals surface area contributed by atoms with Gasteiger partial charge in [-0.1, -0.05) is 35.5 Å². The highest BCUT2D eigenvalue weighted by atomic mass is 32.2. The number of carbonyl (C=O) groups is 1. The first-order chi connectivity index (χ1) is 12.8. The molecule has 0 spiro atoms. The van der Waals surface area contributed by atoms with E-state index in [4.69, 9.17) is 0 Å². The van der Waals surface area contributed by atoms with Gasteiger partial charge in [-0.05, 0) is 5.56 Å². The van der Waals surface area contributed by atoms with Crippen LogP contribution in [0, 0.1) is 0 Å². The molecule has 0 saturated carbocycles. The molecule has 4 rings (SSSR count). The van der Waals surface area contributed by atoms with Gasteiger partial charge in [0, 0.05) is 18.8 Å². The van der Waals surface area contributed by atoms with Crippen molar-refractivity contribution in [1.29, 1.82) is 0 Å². The zero-order chi connectivity index (χ0) is 17.8. The average molecular weight is 369 g/mol. The lowest BCUT2D eigenvalue weighted by Crippen LogP contribution is -2.51. The van der Waals surface area contributed by atoms with Crippen molar-refractivity contribution in [3.05, 3.63) is 60.2 Å². The zero-order valence-electron chi connectivity index (χ0n) is 14.2. The van der Waals surface area contributed by atoms with Crippen molar-refractivity contribution in [2.24, 2.45) is 0 Å². The molecule has 1 aromatic carbocycles. The van der Waals surface area contributed by atoms with Crippen LogP contribution >= 0.6 is 11.8 Å². The minimum absolute atomic E-state index is 0.184. The van der Waals surface area contributed by atoms with Gasteiger partial charge in [-0.3, -0.25) is 4.79 Å². The maximum atomic E-state index is 12.2. The molecule has 0 N–H and O–H groups in total. The maximum absolute atomic E-state index is 12.2. The Morgan fingerprint density at radius 1 is 1.15 bits per heavy atom. The first-order valence-electron chi connectivity index (χ1n) is 8.42. The summed E-state index contributed by atoms with van der Waals surface area (Å²) in [7, 11) is 0. The van der Waals surface area contributed by atoms with E-state index in [0.29, 0.717) is 25.4 Å². The maximum Gasteiger partial charge on any atom is 0.232 e. The van der Waals surface area contributed by atoms with Crippen molar-refractivity contribution in [3.63, 3.8) is 0 Å². The van der Waals surface area contributed by atoms with Crippen LogP contribution in [0.1, 0.15) is 17.3 Å². The lowest BCUT2D eigenvalue weighted by Gasteiger charge is -2.38. The SMILES string of the molecule is O=C(CSCc1ccccc1)N1CC(n2cc(Cn3nccn3)nn2)C1. The molecule has 3 aromatic rings. The van der Waals surface area contributed by atoms with Crippen molar-refractivity contribution in [2.75, 3.05) is 18.8 Å². The van der Waals surface area contributed by atoms with Crippen molar-refractivity contribution >= 4 is 17.7 Å². The standard InChI is InChI=1S/C17H19N7OS/c25-17(13-26-12-14-4-2-1-3-5-14)22-10-16(11-22)23-8-15(20-21-23)9-24-18-6-7-19-24/h1-8,16H,9-13H2. The van der Waals surface area contributed by atoms with Gasteiger partial charge in [0.25, 0.3) is 0 Å². The normalized spacial score (nSPS) is 14.4. The Balaban J connectivity index is 1.21. The smallest absolute Gasteiger partial charge is 0.232 e. The molecular weight excluding hydrogens is 350 g/mol. The third kappa shape index (κ3) is 3.93. The molecule has 1 amide bonds. The number of aromatic nitrogens is 6. The van der Waals surface area contributed by atoms with Gasteiger partial charge in [0.1, 0.15) is 12.2 Å². The van der Waals surface area contributed by atoms with E-state index in [1.54, 1.807) is 29.0 Å². The minimum atomic E-state index is 0.184. The molecule has 8 nitrogen and oxygen atoms in total. The van der Waals surface area contributed by atoms with Crippen molar-refractivity contribution in [3.8, 4) is 0 Å². The van der Waals surface area contributed by atoms with E-state index in [2.05, 4.69) is 32.6 Å². The highest BCUT2D eigenvalue weighted by Crippen LogP contribution is 2.22. The van der Waals surface area contributed by atoms with Crippen LogP contribution in [0.5, 0.6) is 0 Å². The molecule has 0 bridgehead atoms. The average Bonchev–Trinajstić information content (AvgIpc) is 3.27. The summed E-state index contributed by atoms with van der Waals surface area (Å²) in [5.41, 5.74) is 2.05. The van der Waals surface area contributed by atoms with E-state index in [0.717, 1.165) is 11.4 Å². The number of rotatable bonds is 7. The topological polar surface area (TPSA) is 81.7 Å². The summed E-state index contributed by atoms with van der Waals surface area (Å²) in [4.78, 5) is 15.7. The molecule has 1 aliphatic heterocycles. The fourth-order valence-electron chi connectivity index (χ4n) is 2.78. The summed E-state index contributed by atoms with van der Waals surface area (Å²) in [6.07, 6.45) is 5.17. The summed E-state index contributed by atoms with van der Waals surface area (Å²) in [6, 6.07) is 10.4. The second-order valence-electron chi connectivity index (χ2n) is 6.18. The Hall–Kier alpha value is -2.68. The van der Waals surface area contributed by atoms with Crippen LogP contribution in [0.2, 0.25) is 0 Å². The second-order valence-corrected chi connectivity index (χ2v) is 7.17. The molecule has 9 heteroatoms. The molecule has 26 heavy (non-hydrogen) atoms. The van der Waals surface area contributed by atoms with Gasteiger partial charge in [0.15, 0.2) is 0 Å². The Morgan fingerprint density at radius 2 is 1.92 bits per heavy atom. The van der Waals surface area contributed by atoms with Crippen LogP contribution in [0.4, 0.5) is 0 Å². The van der Waals surface area contributed by atoms with Gasteiger partial charge >= 0.3 is 0 Å². The van der Waals surface area contributed by atoms with Crippen molar-refractivity contribution in [1.82, 2.24) is 34.9 Å². The van der Waals surface area contributed by atoms with Gasteiger partial charge in [-0.15, -0.1) is 16.9 Å². The molecule has 1 fully saturated rings. The predicted octanol–water partition coefficient (Wildman–Crippen LogP) is 1.23. The number of nitrogens with zero attached hydrogens (tertiary/aromatic N) is 7. The van der Waals surface area contributed by atoms with E-state index in [-0.39, 0.29) is 11.9 Å². The molecule has 1 saturated heterocycles. The highest BCUT2D eigenvalue weighted by molar-refractivity contribution is 7.99. The Bertz CT molecular complexity index is 843. The number of hydrogen-bond acceptors (Lipinski definition) is 6. The Labute approximate surface area is 155 Å². The second kappa shape index (κ2) is 7.69. The summed E-state index contributed by atoms with van der Waals surface area (Å²) in [5, 5.41) is 16.4. The van der Waals surface area contributed by atoms with Crippen molar-refractivity contribution < 1.29 is 4.79 Å². The minimum Gasteiger partial charge on any atom is -0.338 e. The van der Waals surface area contributed by atoms with Gasteiger partial charge < -0.3 is 4.90 Å². The third-order valence-corrected chi connectivity index (χ3v) is 5.24. The summed E-state index contributed by atoms with van der Waals surface area (Å²) >= 11 is 1.65. The fourth-order valence-corrected chi connectivity index (χ4v) is 3.67. The molecule has 0 radical (unpaired) electrons. The van der Waals surface area contributed by atoms with Gasteiger partial charge in [0.05, 0.1) is 30.4 Å². The van der Waals surface area contributed by atoms with Crippen molar-refractivity contribution in [2.45, 2.75) is 18.3 Å². The number of carbonyl (C=O) groups excluding carboxylic acids is 1. The molecule has 1 aliphatic rings. The monoisotopic (exact) mass is 369 g/mol. The lowest BCUT2D eigenvalue weighted by atomic mass is 10.1. The number of hydrogen-bond donors (Lipinski definition) is 0. The molecule has 2 aromatic heterocycles. The van der Waals surface area contributed by atoms with E-state index in [1.807, 2.05) is 34.0 Å². The number of thioether (sulfide) groups is 1. The number of amides is 1. The van der Waals surface area contributed by atoms with Crippen LogP contribution in [0.3, 0.4) is 0 Å². The molecule has 0 atom stereocenters. The van der Waals surface area contributed by atoms with Crippen LogP contribution in [-0.4, -0.2) is 59.6 Å². The third-order valence-electron chi connectivity index (χ3n) is 4.25. The van der Waals surface area contributed by atoms with Crippen LogP contribution in [0.15, 0.2) is 48.9 Å². The Kier molecular flexibility index (Phi) is 4.96. The molecule has 0 aliphatic carbocycles. The van der Waals surface area contributed by atoms with Gasteiger partial charge in [0.2, 0.25) is 5.91 Å². The largest absolute Gasteiger partial charge is 0.338 e.